The minimum Gasteiger partial charge on any atom is -0.495 e. The third-order valence-electron chi connectivity index (χ3n) is 13.6. The average Bonchev–Trinajstić information content (AvgIpc) is 4.01. The standard InChI is InChI=1S/C28H33N7O2.C22H21N5O3.C6H14N2/c1-17(2)35-16-22(21-10-12-30-15-25(21)35)23-11-13-31-28(33-23)34-24-14-18(4-9-26(24)37-3)27(36)32-20-7-5-19(29)6-8-20;1-13(2)27-12-16(15-6-8-23-11-19(15)27)17-7-9-24-22(25-17)26-18-10-14(21(28)29)4-5-20(18)30-3;7-5-1-2-6(8)4-3-5/h4,9-17,19-20H,5-8,29H2,1-3H3,(H,32,36)(H,31,33,34);4-13H,1-3H3,(H,28,29)(H,24,25,26);5-6H,1-4,7-8H2. The lowest BCUT2D eigenvalue weighted by Crippen LogP contribution is -2.40. The summed E-state index contributed by atoms with van der Waals surface area (Å²) in [6.07, 6.45) is 23.0. The minimum atomic E-state index is -1.02. The number of nitrogens with two attached hydrogens (primary N) is 3. The summed E-state index contributed by atoms with van der Waals surface area (Å²) in [7, 11) is 3.12. The first kappa shape index (κ1) is 53.3. The number of hydrogen-bond donors (Lipinski definition) is 7. The fourth-order valence-electron chi connectivity index (χ4n) is 9.40. The number of carbonyl (C=O) groups excluding carboxylic acids is 1. The Balaban J connectivity index is 0.000000176. The molecule has 2 fully saturated rings. The maximum Gasteiger partial charge on any atom is 0.335 e. The van der Waals surface area contributed by atoms with Crippen LogP contribution in [0.25, 0.3) is 44.3 Å². The van der Waals surface area contributed by atoms with Gasteiger partial charge in [0.2, 0.25) is 11.9 Å². The largest absolute Gasteiger partial charge is 0.495 e. The second-order valence-electron chi connectivity index (χ2n) is 19.5. The Morgan fingerprint density at radius 2 is 1.03 bits per heavy atom. The van der Waals surface area contributed by atoms with Gasteiger partial charge in [0.15, 0.2) is 0 Å². The highest BCUT2D eigenvalue weighted by Gasteiger charge is 2.22. The summed E-state index contributed by atoms with van der Waals surface area (Å²) in [6, 6.07) is 19.4. The molecule has 0 radical (unpaired) electrons. The molecule has 10 N–H and O–H groups in total. The van der Waals surface area contributed by atoms with Gasteiger partial charge in [0.1, 0.15) is 11.5 Å². The number of amides is 1. The van der Waals surface area contributed by atoms with Gasteiger partial charge in [0, 0.05) is 101 Å². The van der Waals surface area contributed by atoms with Crippen LogP contribution < -0.4 is 42.6 Å². The van der Waals surface area contributed by atoms with Crippen LogP contribution in [0.5, 0.6) is 11.5 Å². The Kier molecular flexibility index (Phi) is 17.3. The van der Waals surface area contributed by atoms with E-state index in [1.165, 1.54) is 19.2 Å². The molecule has 1 amide bonds. The Hall–Kier alpha value is -8.00. The molecule has 6 aromatic heterocycles. The highest BCUT2D eigenvalue weighted by Crippen LogP contribution is 2.35. The van der Waals surface area contributed by atoms with Crippen LogP contribution in [0.3, 0.4) is 0 Å². The molecule has 6 heterocycles. The molecule has 2 aliphatic carbocycles. The molecule has 75 heavy (non-hydrogen) atoms. The van der Waals surface area contributed by atoms with Crippen LogP contribution in [0.15, 0.2) is 110 Å². The number of hydrogen-bond acceptors (Lipinski definition) is 15. The number of rotatable bonds is 13. The van der Waals surface area contributed by atoms with Crippen molar-refractivity contribution in [1.29, 1.82) is 0 Å². The van der Waals surface area contributed by atoms with Gasteiger partial charge in [-0.25, -0.2) is 24.7 Å². The predicted octanol–water partition coefficient (Wildman–Crippen LogP) is 9.57. The summed E-state index contributed by atoms with van der Waals surface area (Å²) in [5.74, 6) is 0.705. The molecule has 0 saturated heterocycles. The van der Waals surface area contributed by atoms with E-state index < -0.39 is 5.97 Å². The van der Waals surface area contributed by atoms with E-state index in [1.54, 1.807) is 56.2 Å². The van der Waals surface area contributed by atoms with Crippen molar-refractivity contribution in [3.8, 4) is 34.0 Å². The van der Waals surface area contributed by atoms with Crippen molar-refractivity contribution in [1.82, 2.24) is 44.4 Å². The Morgan fingerprint density at radius 3 is 1.45 bits per heavy atom. The molecule has 2 aliphatic rings. The van der Waals surface area contributed by atoms with Gasteiger partial charge in [-0.05, 0) is 140 Å². The summed E-state index contributed by atoms with van der Waals surface area (Å²) in [5.41, 5.74) is 24.7. The number of aromatic carboxylic acids is 1. The topological polar surface area (TPSA) is 274 Å². The van der Waals surface area contributed by atoms with Crippen LogP contribution in [0.1, 0.15) is 112 Å². The fourth-order valence-corrected chi connectivity index (χ4v) is 9.40. The quantitative estimate of drug-likeness (QED) is 0.0566. The second-order valence-corrected chi connectivity index (χ2v) is 19.5. The van der Waals surface area contributed by atoms with Gasteiger partial charge in [0.05, 0.1) is 66.0 Å². The van der Waals surface area contributed by atoms with Gasteiger partial charge in [-0.1, -0.05) is 0 Å². The van der Waals surface area contributed by atoms with Crippen LogP contribution in [-0.4, -0.2) is 94.4 Å². The zero-order valence-corrected chi connectivity index (χ0v) is 43.4. The number of ether oxygens (including phenoxy) is 2. The Labute approximate surface area is 436 Å². The number of anilines is 4. The van der Waals surface area contributed by atoms with E-state index in [1.807, 2.05) is 36.7 Å². The summed E-state index contributed by atoms with van der Waals surface area (Å²) < 4.78 is 15.2. The normalized spacial score (nSPS) is 17.4. The first-order valence-electron chi connectivity index (χ1n) is 25.5. The van der Waals surface area contributed by atoms with E-state index in [9.17, 15) is 14.7 Å². The van der Waals surface area contributed by atoms with Crippen LogP contribution >= 0.6 is 0 Å². The van der Waals surface area contributed by atoms with Crippen molar-refractivity contribution >= 4 is 57.0 Å². The molecular weight excluding hydrogens is 949 g/mol. The Morgan fingerprint density at radius 1 is 0.600 bits per heavy atom. The van der Waals surface area contributed by atoms with Crippen LogP contribution in [0.2, 0.25) is 0 Å². The van der Waals surface area contributed by atoms with E-state index in [0.717, 1.165) is 95.7 Å². The van der Waals surface area contributed by atoms with Gasteiger partial charge >= 0.3 is 5.97 Å². The number of carbonyl (C=O) groups is 2. The number of carboxylic acid groups (broad SMARTS) is 1. The van der Waals surface area contributed by atoms with Gasteiger partial charge in [-0.3, -0.25) is 14.8 Å². The van der Waals surface area contributed by atoms with E-state index in [-0.39, 0.29) is 35.6 Å². The third-order valence-corrected chi connectivity index (χ3v) is 13.6. The molecule has 0 spiro atoms. The van der Waals surface area contributed by atoms with Gasteiger partial charge in [-0.2, -0.15) is 0 Å². The van der Waals surface area contributed by atoms with Gasteiger partial charge < -0.3 is 56.9 Å². The average molecular weight is 1020 g/mol. The molecule has 0 bridgehead atoms. The second kappa shape index (κ2) is 24.4. The summed E-state index contributed by atoms with van der Waals surface area (Å²) in [4.78, 5) is 51.0. The first-order valence-corrected chi connectivity index (χ1v) is 25.5. The summed E-state index contributed by atoms with van der Waals surface area (Å²) in [5, 5.41) is 20.9. The lowest BCUT2D eigenvalue weighted by Gasteiger charge is -2.26. The highest BCUT2D eigenvalue weighted by atomic mass is 16.5. The minimum absolute atomic E-state index is 0.115. The molecule has 19 heteroatoms. The van der Waals surface area contributed by atoms with Crippen molar-refractivity contribution in [3.63, 3.8) is 0 Å². The number of pyridine rings is 2. The molecule has 10 rings (SSSR count). The summed E-state index contributed by atoms with van der Waals surface area (Å²) >= 11 is 0. The zero-order valence-electron chi connectivity index (χ0n) is 43.4. The predicted molar refractivity (Wildman–Crippen MR) is 294 cm³/mol. The van der Waals surface area contributed by atoms with Crippen molar-refractivity contribution in [2.24, 2.45) is 17.2 Å². The third kappa shape index (κ3) is 13.0. The molecular formula is C56H68N14O5. The van der Waals surface area contributed by atoms with E-state index >= 15 is 0 Å². The van der Waals surface area contributed by atoms with E-state index in [0.29, 0.717) is 52.4 Å². The van der Waals surface area contributed by atoms with Crippen LogP contribution in [0, 0.1) is 0 Å². The highest BCUT2D eigenvalue weighted by molar-refractivity contribution is 5.97. The molecule has 0 atom stereocenters. The number of fused-ring (bicyclic) bond motifs is 2. The summed E-state index contributed by atoms with van der Waals surface area (Å²) in [6.45, 7) is 8.51. The SMILES string of the molecule is COc1ccc(C(=O)NC2CCC(N)CC2)cc1Nc1nccc(-c2cn(C(C)C)c3cnccc23)n1.COc1ccc(C(=O)O)cc1Nc1nccc(-c2cn(C(C)C)c3cnccc23)n1.NC1CCC(N)CC1. The zero-order chi connectivity index (χ0) is 53.2. The maximum absolute atomic E-state index is 13.0. The van der Waals surface area contributed by atoms with Gasteiger partial charge in [-0.15, -0.1) is 0 Å². The van der Waals surface area contributed by atoms with Crippen molar-refractivity contribution in [2.45, 2.75) is 115 Å². The van der Waals surface area contributed by atoms with Crippen LogP contribution in [-0.2, 0) is 0 Å². The molecule has 0 unspecified atom stereocenters. The number of methoxy groups -OCH3 is 2. The maximum atomic E-state index is 13.0. The monoisotopic (exact) mass is 1020 g/mol. The number of nitrogens with one attached hydrogen (secondary N) is 3. The van der Waals surface area contributed by atoms with Gasteiger partial charge in [0.25, 0.3) is 5.91 Å². The number of aromatic nitrogens is 8. The molecule has 19 nitrogen and oxygen atoms in total. The number of benzene rings is 2. The lowest BCUT2D eigenvalue weighted by molar-refractivity contribution is 0.0696. The molecule has 8 aromatic rings. The van der Waals surface area contributed by atoms with E-state index in [4.69, 9.17) is 31.7 Å². The molecule has 0 aliphatic heterocycles. The van der Waals surface area contributed by atoms with Crippen LogP contribution in [0.4, 0.5) is 23.3 Å². The van der Waals surface area contributed by atoms with Crippen molar-refractivity contribution in [3.05, 3.63) is 121 Å². The number of carboxylic acids is 1. The smallest absolute Gasteiger partial charge is 0.335 e. The molecule has 392 valence electrons. The molecule has 2 aromatic carbocycles. The first-order chi connectivity index (χ1) is 36.2. The van der Waals surface area contributed by atoms with Crippen molar-refractivity contribution in [2.75, 3.05) is 24.9 Å². The lowest BCUT2D eigenvalue weighted by atomic mass is 9.91. The van der Waals surface area contributed by atoms with Crippen molar-refractivity contribution < 1.29 is 24.2 Å². The fraction of sp³-hybridized carbons (Fsp3) is 0.357. The molecule has 2 saturated carbocycles. The number of nitrogens with zero attached hydrogens (tertiary/aromatic N) is 8. The Bertz CT molecular complexity index is 3220. The van der Waals surface area contributed by atoms with E-state index in [2.05, 4.69) is 90.1 Å².